The van der Waals surface area contributed by atoms with Gasteiger partial charge in [-0.15, -0.1) is 0 Å². The summed E-state index contributed by atoms with van der Waals surface area (Å²) in [5.41, 5.74) is 7.39. The van der Waals surface area contributed by atoms with Crippen LogP contribution in [-0.2, 0) is 6.18 Å². The van der Waals surface area contributed by atoms with Crippen molar-refractivity contribution in [3.05, 3.63) is 54.6 Å². The van der Waals surface area contributed by atoms with Crippen LogP contribution in [0.3, 0.4) is 0 Å². The van der Waals surface area contributed by atoms with Crippen molar-refractivity contribution in [2.24, 2.45) is 5.73 Å². The molecular formula is C23H20F3N9. The molecule has 4 aromatic heterocycles. The molecule has 0 amide bonds. The summed E-state index contributed by atoms with van der Waals surface area (Å²) in [6, 6.07) is 8.16. The summed E-state index contributed by atoms with van der Waals surface area (Å²) in [4.78, 5) is 15.4. The SMILES string of the molecule is NC1CCN(c2cncc(-c3n[nH]c4ccc(-n5nc(C(F)(F)F)c6cccnc65)cc34)n2)CC1. The first-order valence-electron chi connectivity index (χ1n) is 11.1. The first kappa shape index (κ1) is 21.5. The van der Waals surface area contributed by atoms with Gasteiger partial charge in [-0.1, -0.05) is 0 Å². The topological polar surface area (TPSA) is 114 Å². The number of fused-ring (bicyclic) bond motifs is 2. The van der Waals surface area contributed by atoms with Crippen molar-refractivity contribution in [3.8, 4) is 17.1 Å². The number of aromatic amines is 1. The van der Waals surface area contributed by atoms with Crippen LogP contribution >= 0.6 is 0 Å². The Hall–Kier alpha value is -4.06. The van der Waals surface area contributed by atoms with E-state index in [1.54, 1.807) is 30.6 Å². The van der Waals surface area contributed by atoms with Gasteiger partial charge < -0.3 is 10.6 Å². The lowest BCUT2D eigenvalue weighted by molar-refractivity contribution is -0.140. The smallest absolute Gasteiger partial charge is 0.355 e. The summed E-state index contributed by atoms with van der Waals surface area (Å²) in [5.74, 6) is 0.735. The number of rotatable bonds is 3. The Balaban J connectivity index is 1.44. The van der Waals surface area contributed by atoms with E-state index < -0.39 is 11.9 Å². The minimum Gasteiger partial charge on any atom is -0.355 e. The minimum atomic E-state index is -4.61. The van der Waals surface area contributed by atoms with Crippen LogP contribution < -0.4 is 10.6 Å². The Kier molecular flexibility index (Phi) is 4.92. The molecule has 178 valence electrons. The Morgan fingerprint density at radius 3 is 2.69 bits per heavy atom. The number of hydrogen-bond donors (Lipinski definition) is 2. The zero-order chi connectivity index (χ0) is 24.2. The quantitative estimate of drug-likeness (QED) is 0.406. The van der Waals surface area contributed by atoms with Gasteiger partial charge in [0.05, 0.1) is 29.0 Å². The molecule has 12 heteroatoms. The van der Waals surface area contributed by atoms with E-state index >= 15 is 0 Å². The fraction of sp³-hybridized carbons (Fsp3) is 0.261. The highest BCUT2D eigenvalue weighted by molar-refractivity contribution is 5.93. The van der Waals surface area contributed by atoms with Gasteiger partial charge in [-0.3, -0.25) is 10.1 Å². The van der Waals surface area contributed by atoms with Crippen LogP contribution in [-0.4, -0.2) is 54.1 Å². The van der Waals surface area contributed by atoms with Gasteiger partial charge in [0, 0.05) is 30.7 Å². The Morgan fingerprint density at radius 2 is 1.89 bits per heavy atom. The number of aromatic nitrogens is 7. The Morgan fingerprint density at radius 1 is 1.06 bits per heavy atom. The molecule has 0 unspecified atom stereocenters. The van der Waals surface area contributed by atoms with Crippen LogP contribution in [0.4, 0.5) is 19.0 Å². The molecule has 0 radical (unpaired) electrons. The second kappa shape index (κ2) is 8.01. The third kappa shape index (κ3) is 3.75. The average Bonchev–Trinajstić information content (AvgIpc) is 3.46. The van der Waals surface area contributed by atoms with E-state index in [0.29, 0.717) is 28.0 Å². The second-order valence-electron chi connectivity index (χ2n) is 8.52. The number of nitrogens with two attached hydrogens (primary N) is 1. The molecule has 5 heterocycles. The fourth-order valence-electron chi connectivity index (χ4n) is 4.42. The average molecular weight is 479 g/mol. The Bertz CT molecular complexity index is 1530. The molecule has 5 aromatic rings. The molecule has 3 N–H and O–H groups in total. The fourth-order valence-corrected chi connectivity index (χ4v) is 4.42. The van der Waals surface area contributed by atoms with E-state index in [1.165, 1.54) is 23.0 Å². The molecular weight excluding hydrogens is 459 g/mol. The number of alkyl halides is 3. The molecule has 1 aliphatic heterocycles. The standard InChI is InChI=1S/C23H20F3N9/c24-23(25,26)21-15-2-1-7-29-22(15)35(33-21)14-3-4-17-16(10-14)20(32-31-17)18-11-28-12-19(30-18)34-8-5-13(27)6-9-34/h1-4,7,10-13H,5-6,8-9,27H2,(H,31,32). The van der Waals surface area contributed by atoms with E-state index in [2.05, 4.69) is 30.2 Å². The molecule has 0 aliphatic carbocycles. The first-order chi connectivity index (χ1) is 16.9. The van der Waals surface area contributed by atoms with Crippen molar-refractivity contribution >= 4 is 27.8 Å². The lowest BCUT2D eigenvalue weighted by atomic mass is 10.1. The van der Waals surface area contributed by atoms with E-state index in [0.717, 1.165) is 31.7 Å². The van der Waals surface area contributed by atoms with Crippen LogP contribution in [0.2, 0.25) is 0 Å². The summed E-state index contributed by atoms with van der Waals surface area (Å²) in [6.07, 6.45) is 1.93. The van der Waals surface area contributed by atoms with Gasteiger partial charge in [0.1, 0.15) is 17.2 Å². The zero-order valence-electron chi connectivity index (χ0n) is 18.4. The maximum Gasteiger partial charge on any atom is 0.435 e. The van der Waals surface area contributed by atoms with Gasteiger partial charge in [0.25, 0.3) is 0 Å². The van der Waals surface area contributed by atoms with E-state index in [9.17, 15) is 13.2 Å². The number of halogens is 3. The van der Waals surface area contributed by atoms with Gasteiger partial charge in [-0.25, -0.2) is 14.6 Å². The summed E-state index contributed by atoms with van der Waals surface area (Å²) in [5, 5.41) is 11.9. The van der Waals surface area contributed by atoms with E-state index in [-0.39, 0.29) is 17.1 Å². The number of nitrogens with one attached hydrogen (secondary N) is 1. The molecule has 0 saturated carbocycles. The summed E-state index contributed by atoms with van der Waals surface area (Å²) < 4.78 is 42.0. The molecule has 1 fully saturated rings. The van der Waals surface area contributed by atoms with E-state index in [4.69, 9.17) is 10.7 Å². The number of pyridine rings is 1. The van der Waals surface area contributed by atoms with E-state index in [1.807, 2.05) is 0 Å². The lowest BCUT2D eigenvalue weighted by Crippen LogP contribution is -2.40. The van der Waals surface area contributed by atoms with Crippen LogP contribution in [0.1, 0.15) is 18.5 Å². The Labute approximate surface area is 196 Å². The molecule has 9 nitrogen and oxygen atoms in total. The number of hydrogen-bond acceptors (Lipinski definition) is 7. The highest BCUT2D eigenvalue weighted by Gasteiger charge is 2.37. The normalized spacial score (nSPS) is 15.4. The molecule has 0 spiro atoms. The molecule has 1 aliphatic rings. The van der Waals surface area contributed by atoms with Gasteiger partial charge in [0.2, 0.25) is 0 Å². The molecule has 0 bridgehead atoms. The van der Waals surface area contributed by atoms with Crippen LogP contribution in [0.15, 0.2) is 48.9 Å². The highest BCUT2D eigenvalue weighted by atomic mass is 19.4. The monoisotopic (exact) mass is 479 g/mol. The third-order valence-corrected chi connectivity index (χ3v) is 6.23. The molecule has 0 atom stereocenters. The van der Waals surface area contributed by atoms with Crippen molar-refractivity contribution in [2.75, 3.05) is 18.0 Å². The number of benzene rings is 1. The minimum absolute atomic E-state index is 0.0627. The van der Waals surface area contributed by atoms with Crippen LogP contribution in [0.5, 0.6) is 0 Å². The first-order valence-corrected chi connectivity index (χ1v) is 11.1. The predicted molar refractivity (Wildman–Crippen MR) is 124 cm³/mol. The zero-order valence-corrected chi connectivity index (χ0v) is 18.4. The molecule has 35 heavy (non-hydrogen) atoms. The number of anilines is 1. The summed E-state index contributed by atoms with van der Waals surface area (Å²) in [7, 11) is 0. The van der Waals surface area contributed by atoms with Gasteiger partial charge >= 0.3 is 6.18 Å². The lowest BCUT2D eigenvalue weighted by Gasteiger charge is -2.30. The van der Waals surface area contributed by atoms with Gasteiger partial charge in [-0.2, -0.15) is 23.4 Å². The molecule has 1 aromatic carbocycles. The van der Waals surface area contributed by atoms with Crippen molar-refractivity contribution in [1.82, 2.24) is 34.9 Å². The van der Waals surface area contributed by atoms with Crippen molar-refractivity contribution < 1.29 is 13.2 Å². The summed E-state index contributed by atoms with van der Waals surface area (Å²) >= 11 is 0. The van der Waals surface area contributed by atoms with Gasteiger partial charge in [0.15, 0.2) is 11.3 Å². The largest absolute Gasteiger partial charge is 0.435 e. The number of nitrogens with zero attached hydrogens (tertiary/aromatic N) is 7. The van der Waals surface area contributed by atoms with Crippen LogP contribution in [0, 0.1) is 0 Å². The molecule has 1 saturated heterocycles. The second-order valence-corrected chi connectivity index (χ2v) is 8.52. The van der Waals surface area contributed by atoms with Crippen LogP contribution in [0.25, 0.3) is 39.0 Å². The maximum absolute atomic E-state index is 13.6. The number of piperidine rings is 1. The third-order valence-electron chi connectivity index (χ3n) is 6.23. The summed E-state index contributed by atoms with van der Waals surface area (Å²) in [6.45, 7) is 1.59. The molecule has 6 rings (SSSR count). The maximum atomic E-state index is 13.6. The van der Waals surface area contributed by atoms with Crippen molar-refractivity contribution in [2.45, 2.75) is 25.1 Å². The highest BCUT2D eigenvalue weighted by Crippen LogP contribution is 2.35. The number of H-pyrrole nitrogens is 1. The van der Waals surface area contributed by atoms with Gasteiger partial charge in [-0.05, 0) is 43.2 Å². The van der Waals surface area contributed by atoms with Crippen molar-refractivity contribution in [3.63, 3.8) is 0 Å². The van der Waals surface area contributed by atoms with Crippen molar-refractivity contribution in [1.29, 1.82) is 0 Å². The predicted octanol–water partition coefficient (Wildman–Crippen LogP) is 3.70.